The summed E-state index contributed by atoms with van der Waals surface area (Å²) in [6.07, 6.45) is 1.81. The molecule has 0 saturated heterocycles. The van der Waals surface area contributed by atoms with Gasteiger partial charge in [-0.2, -0.15) is 0 Å². The van der Waals surface area contributed by atoms with Gasteiger partial charge in [0.1, 0.15) is 0 Å². The van der Waals surface area contributed by atoms with Gasteiger partial charge in [-0.25, -0.2) is 4.79 Å². The average molecular weight is 326 g/mol. The molecule has 5 heteroatoms. The number of carbonyl (C=O) groups excluding carboxylic acids is 1. The van der Waals surface area contributed by atoms with Crippen LogP contribution < -0.4 is 10.6 Å². The SMILES string of the molecule is Cc1cc2c(NC(=O)NCc3cccc(Cl)c3)cccc2cn1. The first-order valence-corrected chi connectivity index (χ1v) is 7.64. The van der Waals surface area contributed by atoms with Gasteiger partial charge in [-0.15, -0.1) is 0 Å². The van der Waals surface area contributed by atoms with Crippen LogP contribution in [0.2, 0.25) is 5.02 Å². The predicted octanol–water partition coefficient (Wildman–Crippen LogP) is 4.52. The molecule has 0 spiro atoms. The lowest BCUT2D eigenvalue weighted by Crippen LogP contribution is -2.28. The first-order chi connectivity index (χ1) is 11.1. The molecule has 0 saturated carbocycles. The lowest BCUT2D eigenvalue weighted by atomic mass is 10.1. The minimum atomic E-state index is -0.257. The number of hydrogen-bond donors (Lipinski definition) is 2. The molecule has 0 fully saturated rings. The van der Waals surface area contributed by atoms with E-state index in [1.807, 2.05) is 49.4 Å². The quantitative estimate of drug-likeness (QED) is 0.744. The highest BCUT2D eigenvalue weighted by Gasteiger charge is 2.06. The zero-order valence-corrected chi connectivity index (χ0v) is 13.4. The highest BCUT2D eigenvalue weighted by Crippen LogP contribution is 2.23. The molecule has 0 radical (unpaired) electrons. The van der Waals surface area contributed by atoms with Crippen LogP contribution in [0.1, 0.15) is 11.3 Å². The first-order valence-electron chi connectivity index (χ1n) is 7.26. The number of benzene rings is 2. The molecule has 4 nitrogen and oxygen atoms in total. The summed E-state index contributed by atoms with van der Waals surface area (Å²) in [6.45, 7) is 2.34. The molecule has 0 atom stereocenters. The van der Waals surface area contributed by atoms with E-state index < -0.39 is 0 Å². The van der Waals surface area contributed by atoms with Crippen molar-refractivity contribution in [2.75, 3.05) is 5.32 Å². The van der Waals surface area contributed by atoms with Crippen LogP contribution in [0.25, 0.3) is 10.8 Å². The number of hydrogen-bond acceptors (Lipinski definition) is 2. The van der Waals surface area contributed by atoms with Crippen molar-refractivity contribution in [3.63, 3.8) is 0 Å². The number of nitrogens with one attached hydrogen (secondary N) is 2. The summed E-state index contributed by atoms with van der Waals surface area (Å²) >= 11 is 5.94. The predicted molar refractivity (Wildman–Crippen MR) is 93.8 cm³/mol. The number of carbonyl (C=O) groups is 1. The molecule has 3 aromatic rings. The van der Waals surface area contributed by atoms with Crippen LogP contribution in [0.5, 0.6) is 0 Å². The molecule has 0 bridgehead atoms. The summed E-state index contributed by atoms with van der Waals surface area (Å²) in [5, 5.41) is 8.33. The Morgan fingerprint density at radius 3 is 2.83 bits per heavy atom. The van der Waals surface area contributed by atoms with Crippen LogP contribution in [-0.2, 0) is 6.54 Å². The van der Waals surface area contributed by atoms with E-state index >= 15 is 0 Å². The molecule has 2 amide bonds. The van der Waals surface area contributed by atoms with Crippen molar-refractivity contribution >= 4 is 34.1 Å². The minimum absolute atomic E-state index is 0.257. The highest BCUT2D eigenvalue weighted by atomic mass is 35.5. The van der Waals surface area contributed by atoms with E-state index in [1.54, 1.807) is 12.3 Å². The van der Waals surface area contributed by atoms with E-state index in [-0.39, 0.29) is 6.03 Å². The Kier molecular flexibility index (Phi) is 4.44. The lowest BCUT2D eigenvalue weighted by molar-refractivity contribution is 0.252. The largest absolute Gasteiger partial charge is 0.334 e. The molecule has 1 aromatic heterocycles. The maximum Gasteiger partial charge on any atom is 0.319 e. The van der Waals surface area contributed by atoms with E-state index in [1.165, 1.54) is 0 Å². The maximum absolute atomic E-state index is 12.1. The van der Waals surface area contributed by atoms with Crippen LogP contribution >= 0.6 is 11.6 Å². The lowest BCUT2D eigenvalue weighted by Gasteiger charge is -2.10. The fourth-order valence-electron chi connectivity index (χ4n) is 2.38. The second-order valence-corrected chi connectivity index (χ2v) is 5.73. The van der Waals surface area contributed by atoms with E-state index in [2.05, 4.69) is 15.6 Å². The summed E-state index contributed by atoms with van der Waals surface area (Å²) in [5.74, 6) is 0. The van der Waals surface area contributed by atoms with Crippen LogP contribution in [0.3, 0.4) is 0 Å². The van der Waals surface area contributed by atoms with Crippen molar-refractivity contribution in [1.29, 1.82) is 0 Å². The van der Waals surface area contributed by atoms with Gasteiger partial charge in [0.2, 0.25) is 0 Å². The van der Waals surface area contributed by atoms with Crippen molar-refractivity contribution < 1.29 is 4.79 Å². The molecular weight excluding hydrogens is 310 g/mol. The smallest absolute Gasteiger partial charge is 0.319 e. The van der Waals surface area contributed by atoms with E-state index in [4.69, 9.17) is 11.6 Å². The van der Waals surface area contributed by atoms with Gasteiger partial charge in [0, 0.05) is 34.2 Å². The fourth-order valence-corrected chi connectivity index (χ4v) is 2.59. The topological polar surface area (TPSA) is 54.0 Å². The number of halogens is 1. The van der Waals surface area contributed by atoms with Crippen molar-refractivity contribution in [3.8, 4) is 0 Å². The van der Waals surface area contributed by atoms with Gasteiger partial charge < -0.3 is 10.6 Å². The van der Waals surface area contributed by atoms with E-state index in [0.29, 0.717) is 11.6 Å². The third-order valence-corrected chi connectivity index (χ3v) is 3.73. The third kappa shape index (κ3) is 3.79. The Labute approximate surface area is 139 Å². The van der Waals surface area contributed by atoms with Crippen LogP contribution in [0.4, 0.5) is 10.5 Å². The Hall–Kier alpha value is -2.59. The van der Waals surface area contributed by atoms with Gasteiger partial charge in [0.15, 0.2) is 0 Å². The van der Waals surface area contributed by atoms with Gasteiger partial charge in [0.25, 0.3) is 0 Å². The second kappa shape index (κ2) is 6.67. The van der Waals surface area contributed by atoms with Crippen molar-refractivity contribution in [3.05, 3.63) is 71.0 Å². The monoisotopic (exact) mass is 325 g/mol. The summed E-state index contributed by atoms with van der Waals surface area (Å²) < 4.78 is 0. The number of rotatable bonds is 3. The molecular formula is C18H16ClN3O. The molecule has 0 aliphatic rings. The van der Waals surface area contributed by atoms with Crippen molar-refractivity contribution in [2.45, 2.75) is 13.5 Å². The maximum atomic E-state index is 12.1. The number of aryl methyl sites for hydroxylation is 1. The molecule has 2 N–H and O–H groups in total. The second-order valence-electron chi connectivity index (χ2n) is 5.29. The van der Waals surface area contributed by atoms with Crippen LogP contribution in [0, 0.1) is 6.92 Å². The van der Waals surface area contributed by atoms with Crippen molar-refractivity contribution in [2.24, 2.45) is 0 Å². The number of urea groups is 1. The Morgan fingerprint density at radius 1 is 1.17 bits per heavy atom. The summed E-state index contributed by atoms with van der Waals surface area (Å²) in [5.41, 5.74) is 2.62. The average Bonchev–Trinajstić information content (AvgIpc) is 2.54. The number of fused-ring (bicyclic) bond motifs is 1. The minimum Gasteiger partial charge on any atom is -0.334 e. The van der Waals surface area contributed by atoms with Crippen LogP contribution in [0.15, 0.2) is 54.7 Å². The standard InChI is InChI=1S/C18H16ClN3O/c1-12-8-16-14(11-20-12)5-3-7-17(16)22-18(23)21-10-13-4-2-6-15(19)9-13/h2-9,11H,10H2,1H3,(H2,21,22,23). The summed E-state index contributed by atoms with van der Waals surface area (Å²) in [7, 11) is 0. The molecule has 0 aliphatic carbocycles. The number of nitrogens with zero attached hydrogens (tertiary/aromatic N) is 1. The van der Waals surface area contributed by atoms with Gasteiger partial charge in [-0.05, 0) is 36.8 Å². The molecule has 0 unspecified atom stereocenters. The Balaban J connectivity index is 1.72. The fraction of sp³-hybridized carbons (Fsp3) is 0.111. The van der Waals surface area contributed by atoms with Gasteiger partial charge in [-0.3, -0.25) is 4.98 Å². The Bertz CT molecular complexity index is 864. The van der Waals surface area contributed by atoms with E-state index in [9.17, 15) is 4.79 Å². The zero-order valence-electron chi connectivity index (χ0n) is 12.6. The molecule has 1 heterocycles. The summed E-state index contributed by atoms with van der Waals surface area (Å²) in [4.78, 5) is 16.4. The number of pyridine rings is 1. The van der Waals surface area contributed by atoms with Crippen LogP contribution in [-0.4, -0.2) is 11.0 Å². The molecule has 3 rings (SSSR count). The summed E-state index contributed by atoms with van der Waals surface area (Å²) in [6, 6.07) is 14.8. The van der Waals surface area contributed by atoms with Gasteiger partial charge in [0.05, 0.1) is 5.69 Å². The molecule has 116 valence electrons. The normalized spacial score (nSPS) is 10.5. The highest BCUT2D eigenvalue weighted by molar-refractivity contribution is 6.30. The molecule has 0 aliphatic heterocycles. The number of amides is 2. The molecule has 2 aromatic carbocycles. The number of anilines is 1. The van der Waals surface area contributed by atoms with Gasteiger partial charge in [-0.1, -0.05) is 35.9 Å². The number of aromatic nitrogens is 1. The molecule has 23 heavy (non-hydrogen) atoms. The zero-order chi connectivity index (χ0) is 16.2. The van der Waals surface area contributed by atoms with Crippen molar-refractivity contribution in [1.82, 2.24) is 10.3 Å². The first kappa shape index (κ1) is 15.3. The third-order valence-electron chi connectivity index (χ3n) is 3.49. The van der Waals surface area contributed by atoms with Gasteiger partial charge >= 0.3 is 6.03 Å². The van der Waals surface area contributed by atoms with E-state index in [0.717, 1.165) is 27.7 Å². The Morgan fingerprint density at radius 2 is 2.00 bits per heavy atom.